The molecule has 0 radical (unpaired) electrons. The molecule has 1 aromatic heterocycles. The molecule has 0 saturated carbocycles. The molecule has 1 N–H and O–H groups in total. The lowest BCUT2D eigenvalue weighted by molar-refractivity contribution is -0.116. The molecule has 180 valence electrons. The van der Waals surface area contributed by atoms with Gasteiger partial charge in [0.05, 0.1) is 17.6 Å². The number of amides is 1. The number of nitrogens with zero attached hydrogens (tertiary/aromatic N) is 2. The van der Waals surface area contributed by atoms with E-state index in [0.29, 0.717) is 26.1 Å². The maximum absolute atomic E-state index is 12.2. The molecule has 0 aliphatic carbocycles. The van der Waals surface area contributed by atoms with Crippen LogP contribution < -0.4 is 10.1 Å². The summed E-state index contributed by atoms with van der Waals surface area (Å²) in [7, 11) is 0. The Balaban J connectivity index is 1.36. The predicted molar refractivity (Wildman–Crippen MR) is 143 cm³/mol. The topological polar surface area (TPSA) is 56.1 Å². The van der Waals surface area contributed by atoms with E-state index in [0.717, 1.165) is 28.2 Å². The van der Waals surface area contributed by atoms with Crippen molar-refractivity contribution in [3.05, 3.63) is 102 Å². The van der Waals surface area contributed by atoms with Crippen molar-refractivity contribution in [2.45, 2.75) is 39.2 Å². The van der Waals surface area contributed by atoms with Crippen molar-refractivity contribution >= 4 is 23.0 Å². The van der Waals surface area contributed by atoms with E-state index in [-0.39, 0.29) is 11.3 Å². The highest BCUT2D eigenvalue weighted by molar-refractivity contribution is 5.91. The number of carbonyl (C=O) groups is 1. The highest BCUT2D eigenvalue weighted by Crippen LogP contribution is 2.24. The normalized spacial score (nSPS) is 11.7. The van der Waals surface area contributed by atoms with Gasteiger partial charge in [0, 0.05) is 19.0 Å². The minimum atomic E-state index is -0.112. The number of carbonyl (C=O) groups excluding carboxylic acids is 1. The van der Waals surface area contributed by atoms with Crippen molar-refractivity contribution in [1.82, 2.24) is 14.9 Å². The molecular formula is C30H33N3O2. The van der Waals surface area contributed by atoms with E-state index in [1.165, 1.54) is 5.56 Å². The number of hydrogen-bond donors (Lipinski definition) is 1. The van der Waals surface area contributed by atoms with Crippen LogP contribution in [0, 0.1) is 0 Å². The summed E-state index contributed by atoms with van der Waals surface area (Å²) >= 11 is 0. The van der Waals surface area contributed by atoms with E-state index in [4.69, 9.17) is 9.72 Å². The van der Waals surface area contributed by atoms with Gasteiger partial charge in [0.2, 0.25) is 5.91 Å². The molecule has 35 heavy (non-hydrogen) atoms. The number of ether oxygens (including phenoxy) is 1. The summed E-state index contributed by atoms with van der Waals surface area (Å²) in [6.45, 7) is 8.34. The minimum Gasteiger partial charge on any atom is -0.492 e. The maximum atomic E-state index is 12.2. The van der Waals surface area contributed by atoms with Crippen molar-refractivity contribution in [2.24, 2.45) is 0 Å². The van der Waals surface area contributed by atoms with Crippen LogP contribution in [0.15, 0.2) is 84.9 Å². The van der Waals surface area contributed by atoms with Crippen molar-refractivity contribution in [1.29, 1.82) is 0 Å². The molecule has 0 spiro atoms. The van der Waals surface area contributed by atoms with Gasteiger partial charge in [-0.15, -0.1) is 0 Å². The van der Waals surface area contributed by atoms with Crippen LogP contribution in [-0.2, 0) is 23.2 Å². The zero-order chi connectivity index (χ0) is 24.7. The summed E-state index contributed by atoms with van der Waals surface area (Å²) in [5.74, 6) is 1.69. The first kappa shape index (κ1) is 24.3. The summed E-state index contributed by atoms with van der Waals surface area (Å²) in [4.78, 5) is 17.0. The first-order valence-corrected chi connectivity index (χ1v) is 12.1. The van der Waals surface area contributed by atoms with Gasteiger partial charge in [-0.1, -0.05) is 75.4 Å². The molecule has 0 fully saturated rings. The lowest BCUT2D eigenvalue weighted by atomic mass is 9.87. The second kappa shape index (κ2) is 11.0. The standard InChI is InChI=1S/C30H33N3O2/c1-30(2,3)24-14-16-25(17-15-24)35-22-21-33-27-12-8-7-11-26(27)32-28(33)19-20-31-29(34)18-13-23-9-5-4-6-10-23/h4-18H,19-22H2,1-3H3,(H,31,34)/b18-13+. The Morgan fingerprint density at radius 2 is 1.69 bits per heavy atom. The van der Waals surface area contributed by atoms with Crippen LogP contribution in [0.4, 0.5) is 0 Å². The van der Waals surface area contributed by atoms with Crippen LogP contribution in [0.3, 0.4) is 0 Å². The third-order valence-electron chi connectivity index (χ3n) is 5.91. The predicted octanol–water partition coefficient (Wildman–Crippen LogP) is 5.78. The van der Waals surface area contributed by atoms with Crippen LogP contribution >= 0.6 is 0 Å². The Bertz CT molecular complexity index is 1280. The summed E-state index contributed by atoms with van der Waals surface area (Å²) in [6, 6.07) is 26.2. The largest absolute Gasteiger partial charge is 0.492 e. The number of rotatable bonds is 9. The third kappa shape index (κ3) is 6.60. The van der Waals surface area contributed by atoms with Crippen molar-refractivity contribution in [3.63, 3.8) is 0 Å². The molecule has 1 heterocycles. The lowest BCUT2D eigenvalue weighted by Crippen LogP contribution is -2.25. The van der Waals surface area contributed by atoms with Crippen molar-refractivity contribution < 1.29 is 9.53 Å². The molecule has 3 aromatic carbocycles. The van der Waals surface area contributed by atoms with Crippen LogP contribution in [0.2, 0.25) is 0 Å². The van der Waals surface area contributed by atoms with Gasteiger partial charge in [0.25, 0.3) is 0 Å². The van der Waals surface area contributed by atoms with E-state index in [1.54, 1.807) is 6.08 Å². The molecule has 0 atom stereocenters. The van der Waals surface area contributed by atoms with Crippen LogP contribution in [-0.4, -0.2) is 28.6 Å². The second-order valence-electron chi connectivity index (χ2n) is 9.58. The van der Waals surface area contributed by atoms with Gasteiger partial charge in [-0.3, -0.25) is 4.79 Å². The Morgan fingerprint density at radius 3 is 2.43 bits per heavy atom. The quantitative estimate of drug-likeness (QED) is 0.317. The van der Waals surface area contributed by atoms with Gasteiger partial charge in [-0.05, 0) is 46.9 Å². The zero-order valence-electron chi connectivity index (χ0n) is 20.7. The molecule has 0 aliphatic heterocycles. The monoisotopic (exact) mass is 467 g/mol. The summed E-state index contributed by atoms with van der Waals surface area (Å²) in [5.41, 5.74) is 4.43. The highest BCUT2D eigenvalue weighted by Gasteiger charge is 2.14. The molecule has 0 bridgehead atoms. The number of imidazole rings is 1. The lowest BCUT2D eigenvalue weighted by Gasteiger charge is -2.19. The number of aromatic nitrogens is 2. The number of fused-ring (bicyclic) bond motifs is 1. The molecule has 4 rings (SSSR count). The average molecular weight is 468 g/mol. The number of hydrogen-bond acceptors (Lipinski definition) is 3. The van der Waals surface area contributed by atoms with E-state index in [1.807, 2.05) is 66.7 Å². The molecule has 5 nitrogen and oxygen atoms in total. The summed E-state index contributed by atoms with van der Waals surface area (Å²) < 4.78 is 8.23. The van der Waals surface area contributed by atoms with E-state index in [9.17, 15) is 4.79 Å². The van der Waals surface area contributed by atoms with Crippen LogP contribution in [0.1, 0.15) is 37.7 Å². The van der Waals surface area contributed by atoms with Crippen molar-refractivity contribution in [2.75, 3.05) is 13.2 Å². The fourth-order valence-corrected chi connectivity index (χ4v) is 3.96. The smallest absolute Gasteiger partial charge is 0.244 e. The minimum absolute atomic E-state index is 0.112. The third-order valence-corrected chi connectivity index (χ3v) is 5.91. The Kier molecular flexibility index (Phi) is 7.66. The average Bonchev–Trinajstić information content (AvgIpc) is 3.20. The highest BCUT2D eigenvalue weighted by atomic mass is 16.5. The molecule has 5 heteroatoms. The molecule has 0 aliphatic rings. The van der Waals surface area contributed by atoms with Gasteiger partial charge >= 0.3 is 0 Å². The number of benzene rings is 3. The molecule has 0 saturated heterocycles. The Hall–Kier alpha value is -3.86. The Morgan fingerprint density at radius 1 is 0.971 bits per heavy atom. The first-order chi connectivity index (χ1) is 16.9. The molecule has 4 aromatic rings. The molecular weight excluding hydrogens is 434 g/mol. The van der Waals surface area contributed by atoms with Crippen LogP contribution in [0.25, 0.3) is 17.1 Å². The van der Waals surface area contributed by atoms with Crippen LogP contribution in [0.5, 0.6) is 5.75 Å². The second-order valence-corrected chi connectivity index (χ2v) is 9.58. The maximum Gasteiger partial charge on any atom is 0.244 e. The van der Waals surface area contributed by atoms with E-state index >= 15 is 0 Å². The van der Waals surface area contributed by atoms with Crippen molar-refractivity contribution in [3.8, 4) is 5.75 Å². The fraction of sp³-hybridized carbons (Fsp3) is 0.267. The van der Waals surface area contributed by atoms with E-state index in [2.05, 4.69) is 48.9 Å². The van der Waals surface area contributed by atoms with Gasteiger partial charge in [-0.25, -0.2) is 4.98 Å². The zero-order valence-corrected chi connectivity index (χ0v) is 20.7. The van der Waals surface area contributed by atoms with Gasteiger partial charge < -0.3 is 14.6 Å². The number of nitrogens with one attached hydrogen (secondary N) is 1. The summed E-state index contributed by atoms with van der Waals surface area (Å²) in [5, 5.41) is 2.96. The Labute approximate surface area is 207 Å². The summed E-state index contributed by atoms with van der Waals surface area (Å²) in [6.07, 6.45) is 4.02. The fourth-order valence-electron chi connectivity index (χ4n) is 3.96. The molecule has 1 amide bonds. The first-order valence-electron chi connectivity index (χ1n) is 12.1. The van der Waals surface area contributed by atoms with E-state index < -0.39 is 0 Å². The van der Waals surface area contributed by atoms with Gasteiger partial charge in [0.15, 0.2) is 0 Å². The van der Waals surface area contributed by atoms with Gasteiger partial charge in [-0.2, -0.15) is 0 Å². The SMILES string of the molecule is CC(C)(C)c1ccc(OCCn2c(CCNC(=O)/C=C/c3ccccc3)nc3ccccc32)cc1. The number of para-hydroxylation sites is 2. The molecule has 0 unspecified atom stereocenters. The van der Waals surface area contributed by atoms with Gasteiger partial charge in [0.1, 0.15) is 18.2 Å².